The maximum atomic E-state index is 12.9. The number of aliphatic carboxylic acids is 1. The van der Waals surface area contributed by atoms with Gasteiger partial charge < -0.3 is 5.11 Å². The topological polar surface area (TPSA) is 74.7 Å². The molecule has 2 heterocycles. The number of hydrogen-bond acceptors (Lipinski definition) is 4. The number of allylic oxidation sites excluding steroid dienone is 1. The molecule has 0 aromatic heterocycles. The summed E-state index contributed by atoms with van der Waals surface area (Å²) < 4.78 is 27.0. The zero-order valence-electron chi connectivity index (χ0n) is 16.6. The summed E-state index contributed by atoms with van der Waals surface area (Å²) in [7, 11) is -3.71. The molecular weight excluding hydrogens is 418 g/mol. The Bertz CT molecular complexity index is 1110. The van der Waals surface area contributed by atoms with E-state index in [1.54, 1.807) is 18.7 Å². The van der Waals surface area contributed by atoms with E-state index in [0.29, 0.717) is 11.3 Å². The van der Waals surface area contributed by atoms with Crippen LogP contribution in [0.15, 0.2) is 64.4 Å². The number of sulfonamides is 1. The van der Waals surface area contributed by atoms with E-state index >= 15 is 0 Å². The van der Waals surface area contributed by atoms with Crippen LogP contribution in [0.5, 0.6) is 0 Å². The van der Waals surface area contributed by atoms with Crippen molar-refractivity contribution in [1.29, 1.82) is 0 Å². The number of rotatable bonds is 6. The summed E-state index contributed by atoms with van der Waals surface area (Å²) in [4.78, 5) is 12.6. The molecule has 0 bridgehead atoms. The summed E-state index contributed by atoms with van der Waals surface area (Å²) in [5.74, 6) is -1.09. The van der Waals surface area contributed by atoms with Gasteiger partial charge in [0.2, 0.25) is 10.0 Å². The molecule has 0 amide bonds. The normalized spacial score (nSPS) is 21.8. The third kappa shape index (κ3) is 3.97. The van der Waals surface area contributed by atoms with Gasteiger partial charge >= 0.3 is 5.97 Å². The molecule has 2 aromatic rings. The average molecular weight is 442 g/mol. The van der Waals surface area contributed by atoms with E-state index in [0.717, 1.165) is 25.9 Å². The number of benzene rings is 2. The summed E-state index contributed by atoms with van der Waals surface area (Å²) in [6.07, 6.45) is 4.77. The molecule has 0 saturated carbocycles. The molecule has 0 aliphatic carbocycles. The predicted molar refractivity (Wildman–Crippen MR) is 121 cm³/mol. The van der Waals surface area contributed by atoms with Crippen molar-refractivity contribution in [1.82, 2.24) is 4.31 Å². The van der Waals surface area contributed by atoms with E-state index in [-0.39, 0.29) is 18.2 Å². The quantitative estimate of drug-likeness (QED) is 0.655. The molecule has 1 N–H and O–H groups in total. The molecule has 2 aliphatic rings. The number of nitrogens with zero attached hydrogens (tertiary/aromatic N) is 1. The number of carbonyl (C=O) groups is 1. The number of carboxylic acids is 1. The molecule has 4 rings (SSSR count). The number of thioether (sulfide) groups is 1. The Morgan fingerprint density at radius 2 is 1.77 bits per heavy atom. The lowest BCUT2D eigenvalue weighted by molar-refractivity contribution is -0.141. The first kappa shape index (κ1) is 20.9. The SMILES string of the molecule is CCC(C(=O)O)N1CC2=C(CC(c3ccc(/C=C/c4ccccc4)cc3)S2)S1(=O)=O. The summed E-state index contributed by atoms with van der Waals surface area (Å²) in [5.41, 5.74) is 3.30. The molecule has 0 fully saturated rings. The zero-order valence-corrected chi connectivity index (χ0v) is 18.2. The van der Waals surface area contributed by atoms with Gasteiger partial charge in [0.05, 0.1) is 4.91 Å². The standard InChI is InChI=1S/C23H23NO4S2/c1-2-19(23(25)26)24-15-21-22(30(24,27)28)14-20(29-21)18-12-10-17(11-13-18)9-8-16-6-4-3-5-7-16/h3-13,19-20H,2,14-15H2,1H3,(H,25,26)/b9-8+. The van der Waals surface area contributed by atoms with E-state index in [9.17, 15) is 18.3 Å². The molecule has 2 aliphatic heterocycles. The van der Waals surface area contributed by atoms with Crippen LogP contribution in [-0.4, -0.2) is 36.4 Å². The average Bonchev–Trinajstić information content (AvgIpc) is 3.27. The smallest absolute Gasteiger partial charge is 0.322 e. The van der Waals surface area contributed by atoms with E-state index in [2.05, 4.69) is 12.2 Å². The molecule has 2 aromatic carbocycles. The molecule has 0 radical (unpaired) electrons. The highest BCUT2D eigenvalue weighted by molar-refractivity contribution is 8.05. The van der Waals surface area contributed by atoms with Gasteiger partial charge in [-0.1, -0.05) is 73.7 Å². The molecular formula is C23H23NO4S2. The van der Waals surface area contributed by atoms with Crippen molar-refractivity contribution in [3.8, 4) is 0 Å². The highest BCUT2D eigenvalue weighted by Crippen LogP contribution is 2.53. The second-order valence-electron chi connectivity index (χ2n) is 7.38. The first-order valence-electron chi connectivity index (χ1n) is 9.86. The summed E-state index contributed by atoms with van der Waals surface area (Å²) in [6.45, 7) is 1.86. The molecule has 0 saturated heterocycles. The van der Waals surface area contributed by atoms with Gasteiger partial charge in [0.15, 0.2) is 0 Å². The van der Waals surface area contributed by atoms with Gasteiger partial charge in [-0.25, -0.2) is 8.42 Å². The van der Waals surface area contributed by atoms with Crippen LogP contribution < -0.4 is 0 Å². The lowest BCUT2D eigenvalue weighted by Gasteiger charge is -2.24. The third-order valence-electron chi connectivity index (χ3n) is 5.48. The van der Waals surface area contributed by atoms with Gasteiger partial charge in [0, 0.05) is 23.1 Å². The van der Waals surface area contributed by atoms with Crippen molar-refractivity contribution in [3.05, 3.63) is 81.1 Å². The molecule has 7 heteroatoms. The predicted octanol–water partition coefficient (Wildman–Crippen LogP) is 4.76. The Balaban J connectivity index is 1.45. The van der Waals surface area contributed by atoms with Gasteiger partial charge in [-0.05, 0) is 23.1 Å². The molecule has 0 spiro atoms. The van der Waals surface area contributed by atoms with Crippen molar-refractivity contribution < 1.29 is 18.3 Å². The van der Waals surface area contributed by atoms with Gasteiger partial charge in [-0.3, -0.25) is 4.79 Å². The second-order valence-corrected chi connectivity index (χ2v) is 10.6. The summed E-state index contributed by atoms with van der Waals surface area (Å²) >= 11 is 1.54. The van der Waals surface area contributed by atoms with Crippen LogP contribution in [0, 0.1) is 0 Å². The highest BCUT2D eigenvalue weighted by Gasteiger charge is 2.47. The zero-order chi connectivity index (χ0) is 21.3. The van der Waals surface area contributed by atoms with E-state index in [1.807, 2.05) is 54.6 Å². The fraction of sp³-hybridized carbons (Fsp3) is 0.261. The number of carboxylic acid groups (broad SMARTS) is 1. The first-order chi connectivity index (χ1) is 14.4. The number of hydrogen-bond donors (Lipinski definition) is 1. The second kappa shape index (κ2) is 8.41. The van der Waals surface area contributed by atoms with Gasteiger partial charge in [0.25, 0.3) is 0 Å². The third-order valence-corrected chi connectivity index (χ3v) is 9.03. The van der Waals surface area contributed by atoms with Crippen LogP contribution in [-0.2, 0) is 14.8 Å². The fourth-order valence-electron chi connectivity index (χ4n) is 3.85. The minimum atomic E-state index is -3.71. The first-order valence-corrected chi connectivity index (χ1v) is 12.2. The van der Waals surface area contributed by atoms with Gasteiger partial charge in [-0.2, -0.15) is 4.31 Å². The Hall–Kier alpha value is -2.35. The van der Waals surface area contributed by atoms with E-state index in [4.69, 9.17) is 0 Å². The van der Waals surface area contributed by atoms with E-state index in [1.165, 1.54) is 0 Å². The Morgan fingerprint density at radius 3 is 2.33 bits per heavy atom. The van der Waals surface area contributed by atoms with Crippen LogP contribution in [0.1, 0.15) is 41.7 Å². The minimum Gasteiger partial charge on any atom is -0.480 e. The fourth-order valence-corrected chi connectivity index (χ4v) is 7.70. The van der Waals surface area contributed by atoms with E-state index < -0.39 is 22.0 Å². The maximum Gasteiger partial charge on any atom is 0.322 e. The Labute approximate surface area is 181 Å². The van der Waals surface area contributed by atoms with Crippen molar-refractivity contribution in [2.75, 3.05) is 6.54 Å². The molecule has 30 heavy (non-hydrogen) atoms. The van der Waals surface area contributed by atoms with Crippen LogP contribution >= 0.6 is 11.8 Å². The van der Waals surface area contributed by atoms with Crippen LogP contribution in [0.25, 0.3) is 12.2 Å². The maximum absolute atomic E-state index is 12.9. The Morgan fingerprint density at radius 1 is 1.13 bits per heavy atom. The van der Waals surface area contributed by atoms with Gasteiger partial charge in [-0.15, -0.1) is 11.8 Å². The van der Waals surface area contributed by atoms with Crippen LogP contribution in [0.4, 0.5) is 0 Å². The van der Waals surface area contributed by atoms with Crippen LogP contribution in [0.2, 0.25) is 0 Å². The summed E-state index contributed by atoms with van der Waals surface area (Å²) in [5, 5.41) is 9.41. The lowest BCUT2D eigenvalue weighted by atomic mass is 10.1. The van der Waals surface area contributed by atoms with Gasteiger partial charge in [0.1, 0.15) is 6.04 Å². The Kier molecular flexibility index (Phi) is 5.86. The van der Waals surface area contributed by atoms with Crippen molar-refractivity contribution in [3.63, 3.8) is 0 Å². The monoisotopic (exact) mass is 441 g/mol. The lowest BCUT2D eigenvalue weighted by Crippen LogP contribution is -2.42. The van der Waals surface area contributed by atoms with Crippen LogP contribution in [0.3, 0.4) is 0 Å². The van der Waals surface area contributed by atoms with Crippen molar-refractivity contribution in [2.24, 2.45) is 0 Å². The molecule has 2 atom stereocenters. The molecule has 5 nitrogen and oxygen atoms in total. The molecule has 156 valence electrons. The highest BCUT2D eigenvalue weighted by atomic mass is 32.2. The molecule has 2 unspecified atom stereocenters. The summed E-state index contributed by atoms with van der Waals surface area (Å²) in [6, 6.07) is 17.2. The van der Waals surface area contributed by atoms with Crippen molar-refractivity contribution >= 4 is 39.9 Å². The van der Waals surface area contributed by atoms with Crippen molar-refractivity contribution in [2.45, 2.75) is 31.1 Å². The largest absolute Gasteiger partial charge is 0.480 e. The minimum absolute atomic E-state index is 0.0454.